The molecule has 0 aliphatic carbocycles. The molecule has 0 saturated carbocycles. The summed E-state index contributed by atoms with van der Waals surface area (Å²) in [5, 5.41) is 8.76. The maximum Gasteiger partial charge on any atom is 0.237 e. The van der Waals surface area contributed by atoms with Crippen LogP contribution in [-0.2, 0) is 0 Å². The predicted molar refractivity (Wildman–Crippen MR) is 155 cm³/mol. The first-order valence-electron chi connectivity index (χ1n) is 15.2. The van der Waals surface area contributed by atoms with Gasteiger partial charge in [0.15, 0.2) is 0 Å². The third-order valence-electron chi connectivity index (χ3n) is 7.08. The van der Waals surface area contributed by atoms with Crippen LogP contribution >= 0.6 is 22.2 Å². The van der Waals surface area contributed by atoms with Crippen LogP contribution in [0.1, 0.15) is 173 Å². The third-order valence-corrected chi connectivity index (χ3v) is 9.23. The van der Waals surface area contributed by atoms with Crippen LogP contribution in [0.5, 0.6) is 0 Å². The van der Waals surface area contributed by atoms with Gasteiger partial charge in [-0.25, -0.2) is 0 Å². The Morgan fingerprint density at radius 1 is 0.303 bits per heavy atom. The number of aliphatic hydroxyl groups excluding tert-OH is 1. The molecular weight excluding hydrogens is 463 g/mol. The number of hydrogen-bond acceptors (Lipinski definition) is 1. The van der Waals surface area contributed by atoms with Crippen LogP contribution < -0.4 is 0 Å². The lowest BCUT2D eigenvalue weighted by Crippen LogP contribution is -1.91. The number of halogens is 2. The maximum atomic E-state index is 8.76. The second-order valence-electron chi connectivity index (χ2n) is 10.4. The summed E-state index contributed by atoms with van der Waals surface area (Å²) in [4.78, 5) is 0. The molecule has 0 rings (SSSR count). The van der Waals surface area contributed by atoms with E-state index in [0.717, 1.165) is 12.5 Å². The Labute approximate surface area is 220 Å². The zero-order chi connectivity index (χ0) is 24.1. The molecule has 0 unspecified atom stereocenters. The molecule has 0 aliphatic heterocycles. The molecule has 0 heterocycles. The average molecular weight is 524 g/mol. The Hall–Kier alpha value is 0.757. The maximum absolute atomic E-state index is 8.76. The second-order valence-corrected chi connectivity index (χ2v) is 15.6. The molecule has 1 nitrogen and oxygen atoms in total. The van der Waals surface area contributed by atoms with Gasteiger partial charge in [0.25, 0.3) is 0 Å². The predicted octanol–water partition coefficient (Wildman–Crippen LogP) is 11.2. The Morgan fingerprint density at radius 2 is 0.485 bits per heavy atom. The van der Waals surface area contributed by atoms with E-state index >= 15 is 0 Å². The second kappa shape index (κ2) is 30.8. The molecule has 0 spiro atoms. The van der Waals surface area contributed by atoms with Gasteiger partial charge in [-0.1, -0.05) is 167 Å². The van der Waals surface area contributed by atoms with Crippen molar-refractivity contribution in [2.24, 2.45) is 0 Å². The zero-order valence-electron chi connectivity index (χ0n) is 22.3. The fourth-order valence-electron chi connectivity index (χ4n) is 4.83. The monoisotopic (exact) mass is 522 g/mol. The molecule has 1 N–H and O–H groups in total. The number of rotatable bonds is 29. The quantitative estimate of drug-likeness (QED) is 0.0587. The Bertz CT molecular complexity index is 342. The van der Waals surface area contributed by atoms with Gasteiger partial charge >= 0.3 is 0 Å². The number of unbranched alkanes of at least 4 members (excludes halogenated alkanes) is 26. The van der Waals surface area contributed by atoms with Crippen molar-refractivity contribution in [2.75, 3.05) is 6.61 Å². The molecule has 4 heteroatoms. The lowest BCUT2D eigenvalue weighted by molar-refractivity contribution is 0.282. The molecule has 0 atom stereocenters. The minimum absolute atomic E-state index is 0.370. The molecule has 0 fully saturated rings. The summed E-state index contributed by atoms with van der Waals surface area (Å²) in [6.45, 7) is 0.370. The van der Waals surface area contributed by atoms with Gasteiger partial charge in [0.1, 0.15) is 0 Å². The van der Waals surface area contributed by atoms with Crippen LogP contribution in [0.4, 0.5) is 0 Å². The van der Waals surface area contributed by atoms with Crippen LogP contribution in [-0.4, -0.2) is 19.1 Å². The fraction of sp³-hybridized carbons (Fsp3) is 1.00. The first-order chi connectivity index (χ1) is 16.3. The van der Waals surface area contributed by atoms with Crippen LogP contribution in [0.3, 0.4) is 0 Å². The van der Waals surface area contributed by atoms with Gasteiger partial charge in [-0.2, -0.15) is 22.2 Å². The van der Waals surface area contributed by atoms with Crippen molar-refractivity contribution in [2.45, 2.75) is 179 Å². The number of hydrogen-bond donors (Lipinski definition) is 1. The van der Waals surface area contributed by atoms with Gasteiger partial charge in [-0.05, 0) is 12.5 Å². The Morgan fingerprint density at radius 3 is 0.667 bits per heavy atom. The minimum atomic E-state index is -1.34. The van der Waals surface area contributed by atoms with E-state index in [-0.39, 0.29) is 0 Å². The Kier molecular flexibility index (Phi) is 31.5. The van der Waals surface area contributed by atoms with Crippen molar-refractivity contribution in [1.82, 2.24) is 0 Å². The first-order valence-corrected chi connectivity index (χ1v) is 19.5. The smallest absolute Gasteiger partial charge is 0.237 e. The van der Waals surface area contributed by atoms with E-state index < -0.39 is 7.42 Å². The van der Waals surface area contributed by atoms with Gasteiger partial charge in [0, 0.05) is 6.61 Å². The molecule has 33 heavy (non-hydrogen) atoms. The lowest BCUT2D eigenvalue weighted by atomic mass is 10.0. The van der Waals surface area contributed by atoms with E-state index in [2.05, 4.69) is 0 Å². The molecule has 0 radical (unpaired) electrons. The summed E-state index contributed by atoms with van der Waals surface area (Å²) in [5.74, 6) is 0. The first kappa shape index (κ1) is 33.8. The van der Waals surface area contributed by atoms with Gasteiger partial charge in [-0.3, -0.25) is 0 Å². The molecule has 0 aliphatic rings. The highest BCUT2D eigenvalue weighted by Gasteiger charge is 2.00. The normalized spacial score (nSPS) is 11.6. The molecule has 0 bridgehead atoms. The van der Waals surface area contributed by atoms with Crippen molar-refractivity contribution in [3.05, 3.63) is 0 Å². The van der Waals surface area contributed by atoms with Crippen LogP contribution in [0.25, 0.3) is 0 Å². The van der Waals surface area contributed by atoms with Crippen LogP contribution in [0.15, 0.2) is 0 Å². The third kappa shape index (κ3) is 32.8. The molecule has 200 valence electrons. The largest absolute Gasteiger partial charge is 0.396 e. The summed E-state index contributed by atoms with van der Waals surface area (Å²) < 4.78 is 0. The van der Waals surface area contributed by atoms with E-state index in [0.29, 0.717) is 6.61 Å². The SMILES string of the molecule is OCCCCCCCCCCCCCCCCCCCCCCCCCCCCC[SiH](Cl)Cl. The molecular formula is C29H60Cl2OSi. The van der Waals surface area contributed by atoms with Crippen molar-refractivity contribution < 1.29 is 5.11 Å². The number of aliphatic hydroxyl groups is 1. The van der Waals surface area contributed by atoms with E-state index in [1.165, 1.54) is 167 Å². The van der Waals surface area contributed by atoms with E-state index in [1.807, 2.05) is 0 Å². The minimum Gasteiger partial charge on any atom is -0.396 e. The van der Waals surface area contributed by atoms with Gasteiger partial charge < -0.3 is 5.11 Å². The van der Waals surface area contributed by atoms with Crippen molar-refractivity contribution in [1.29, 1.82) is 0 Å². The molecule has 0 aromatic rings. The standard InChI is InChI=1S/C29H60Cl2OSi/c30-33(31)29-27-25-23-21-19-17-15-13-11-9-7-5-3-1-2-4-6-8-10-12-14-16-18-20-22-24-26-28-32/h32-33H,1-29H2. The summed E-state index contributed by atoms with van der Waals surface area (Å²) in [5.41, 5.74) is 0. The van der Waals surface area contributed by atoms with Gasteiger partial charge in [0.2, 0.25) is 7.42 Å². The topological polar surface area (TPSA) is 20.2 Å². The highest BCUT2D eigenvalue weighted by atomic mass is 35.7. The van der Waals surface area contributed by atoms with Gasteiger partial charge in [0.05, 0.1) is 0 Å². The Balaban J connectivity index is 3.00. The van der Waals surface area contributed by atoms with Crippen LogP contribution in [0, 0.1) is 0 Å². The van der Waals surface area contributed by atoms with Crippen LogP contribution in [0.2, 0.25) is 6.04 Å². The average Bonchev–Trinajstić information content (AvgIpc) is 2.80. The van der Waals surface area contributed by atoms with Gasteiger partial charge in [-0.15, -0.1) is 0 Å². The zero-order valence-corrected chi connectivity index (χ0v) is 25.0. The lowest BCUT2D eigenvalue weighted by Gasteiger charge is -2.04. The summed E-state index contributed by atoms with van der Waals surface area (Å²) in [6.07, 6.45) is 37.8. The molecule has 0 aromatic heterocycles. The summed E-state index contributed by atoms with van der Waals surface area (Å²) >= 11 is 11.8. The highest BCUT2D eigenvalue weighted by molar-refractivity contribution is 7.33. The highest BCUT2D eigenvalue weighted by Crippen LogP contribution is 2.16. The molecule has 0 saturated heterocycles. The van der Waals surface area contributed by atoms with Crippen molar-refractivity contribution in [3.63, 3.8) is 0 Å². The summed E-state index contributed by atoms with van der Waals surface area (Å²) in [6, 6.07) is 1.10. The van der Waals surface area contributed by atoms with E-state index in [9.17, 15) is 0 Å². The fourth-order valence-corrected chi connectivity index (χ4v) is 6.35. The van der Waals surface area contributed by atoms with E-state index in [1.54, 1.807) is 0 Å². The van der Waals surface area contributed by atoms with Crippen molar-refractivity contribution in [3.8, 4) is 0 Å². The molecule has 0 amide bonds. The van der Waals surface area contributed by atoms with Crippen molar-refractivity contribution >= 4 is 29.6 Å². The summed E-state index contributed by atoms with van der Waals surface area (Å²) in [7, 11) is -1.34. The van der Waals surface area contributed by atoms with E-state index in [4.69, 9.17) is 27.3 Å². The molecule has 0 aromatic carbocycles.